The molecule has 0 aliphatic carbocycles. The number of aromatic hydroxyl groups is 1. The first-order valence-corrected chi connectivity index (χ1v) is 3.94. The molecular formula is C11H11FO. The van der Waals surface area contributed by atoms with Gasteiger partial charge < -0.3 is 5.11 Å². The third-order valence-corrected chi connectivity index (χ3v) is 1.99. The van der Waals surface area contributed by atoms with E-state index in [0.29, 0.717) is 5.56 Å². The number of phenols is 1. The quantitative estimate of drug-likeness (QED) is 0.655. The molecule has 2 heteroatoms. The van der Waals surface area contributed by atoms with Gasteiger partial charge in [-0.3, -0.25) is 0 Å². The second-order valence-electron chi connectivity index (χ2n) is 3.43. The molecule has 0 aliphatic rings. The SMILES string of the molecule is C#CC(C)(C)c1ccc(O)cc1F. The lowest BCUT2D eigenvalue weighted by molar-refractivity contribution is 0.465. The van der Waals surface area contributed by atoms with Crippen molar-refractivity contribution in [3.05, 3.63) is 29.6 Å². The molecule has 0 heterocycles. The van der Waals surface area contributed by atoms with Crippen LogP contribution in [-0.4, -0.2) is 5.11 Å². The number of hydrogen-bond acceptors (Lipinski definition) is 1. The molecule has 0 aliphatic heterocycles. The highest BCUT2D eigenvalue weighted by Gasteiger charge is 2.21. The molecule has 0 aromatic heterocycles. The molecule has 68 valence electrons. The normalized spacial score (nSPS) is 10.9. The Morgan fingerprint density at radius 3 is 2.54 bits per heavy atom. The summed E-state index contributed by atoms with van der Waals surface area (Å²) < 4.78 is 13.3. The van der Waals surface area contributed by atoms with Crippen LogP contribution in [0.2, 0.25) is 0 Å². The third kappa shape index (κ3) is 1.81. The van der Waals surface area contributed by atoms with Crippen LogP contribution in [-0.2, 0) is 5.41 Å². The van der Waals surface area contributed by atoms with E-state index in [1.54, 1.807) is 13.8 Å². The van der Waals surface area contributed by atoms with Crippen molar-refractivity contribution < 1.29 is 9.50 Å². The number of hydrogen-bond donors (Lipinski definition) is 1. The maximum Gasteiger partial charge on any atom is 0.131 e. The van der Waals surface area contributed by atoms with Crippen LogP contribution in [0.3, 0.4) is 0 Å². The van der Waals surface area contributed by atoms with Crippen molar-refractivity contribution in [3.8, 4) is 18.1 Å². The van der Waals surface area contributed by atoms with Gasteiger partial charge in [0, 0.05) is 11.6 Å². The van der Waals surface area contributed by atoms with E-state index in [9.17, 15) is 4.39 Å². The summed E-state index contributed by atoms with van der Waals surface area (Å²) in [6.07, 6.45) is 5.27. The van der Waals surface area contributed by atoms with Crippen LogP contribution in [0, 0.1) is 18.2 Å². The van der Waals surface area contributed by atoms with Gasteiger partial charge in [-0.25, -0.2) is 4.39 Å². The molecule has 0 unspecified atom stereocenters. The minimum atomic E-state index is -0.641. The minimum Gasteiger partial charge on any atom is -0.508 e. The highest BCUT2D eigenvalue weighted by atomic mass is 19.1. The van der Waals surface area contributed by atoms with E-state index in [1.807, 2.05) is 0 Å². The van der Waals surface area contributed by atoms with Gasteiger partial charge in [0.25, 0.3) is 0 Å². The van der Waals surface area contributed by atoms with Gasteiger partial charge >= 0.3 is 0 Å². The van der Waals surface area contributed by atoms with Crippen molar-refractivity contribution >= 4 is 0 Å². The van der Waals surface area contributed by atoms with E-state index >= 15 is 0 Å². The lowest BCUT2D eigenvalue weighted by Gasteiger charge is -2.18. The van der Waals surface area contributed by atoms with Crippen LogP contribution in [0.5, 0.6) is 5.75 Å². The van der Waals surface area contributed by atoms with E-state index < -0.39 is 11.2 Å². The zero-order valence-corrected chi connectivity index (χ0v) is 7.63. The van der Waals surface area contributed by atoms with Crippen LogP contribution in [0.25, 0.3) is 0 Å². The van der Waals surface area contributed by atoms with E-state index in [0.717, 1.165) is 6.07 Å². The molecule has 0 bridgehead atoms. The first-order chi connectivity index (χ1) is 5.97. The predicted octanol–water partition coefficient (Wildman–Crippen LogP) is 2.44. The first-order valence-electron chi connectivity index (χ1n) is 3.94. The zero-order valence-electron chi connectivity index (χ0n) is 7.63. The van der Waals surface area contributed by atoms with Gasteiger partial charge in [0.1, 0.15) is 11.6 Å². The van der Waals surface area contributed by atoms with Gasteiger partial charge in [-0.15, -0.1) is 6.42 Å². The summed E-state index contributed by atoms with van der Waals surface area (Å²) in [6.45, 7) is 3.50. The Balaban J connectivity index is 3.26. The lowest BCUT2D eigenvalue weighted by Crippen LogP contribution is -2.15. The summed E-state index contributed by atoms with van der Waals surface area (Å²) in [5.74, 6) is 1.94. The lowest BCUT2D eigenvalue weighted by atomic mass is 9.85. The van der Waals surface area contributed by atoms with Crippen LogP contribution < -0.4 is 0 Å². The van der Waals surface area contributed by atoms with Crippen LogP contribution in [0.15, 0.2) is 18.2 Å². The minimum absolute atomic E-state index is 0.0888. The molecule has 1 aromatic carbocycles. The predicted molar refractivity (Wildman–Crippen MR) is 49.9 cm³/mol. The molecule has 1 N–H and O–H groups in total. The molecule has 1 nitrogen and oxygen atoms in total. The zero-order chi connectivity index (χ0) is 10.1. The number of rotatable bonds is 1. The van der Waals surface area contributed by atoms with Crippen LogP contribution >= 0.6 is 0 Å². The Bertz CT molecular complexity index is 361. The van der Waals surface area contributed by atoms with Crippen molar-refractivity contribution in [2.75, 3.05) is 0 Å². The van der Waals surface area contributed by atoms with Gasteiger partial charge in [-0.2, -0.15) is 0 Å². The number of phenolic OH excluding ortho intramolecular Hbond substituents is 1. The fourth-order valence-corrected chi connectivity index (χ4v) is 1.09. The van der Waals surface area contributed by atoms with E-state index in [2.05, 4.69) is 5.92 Å². The largest absolute Gasteiger partial charge is 0.508 e. The Morgan fingerprint density at radius 1 is 1.46 bits per heavy atom. The standard InChI is InChI=1S/C11H11FO/c1-4-11(2,3)9-6-5-8(13)7-10(9)12/h1,5-7,13H,2-3H3. The van der Waals surface area contributed by atoms with Crippen LogP contribution in [0.4, 0.5) is 4.39 Å². The van der Waals surface area contributed by atoms with Crippen molar-refractivity contribution in [2.45, 2.75) is 19.3 Å². The molecule has 0 saturated heterocycles. The van der Waals surface area contributed by atoms with Crippen molar-refractivity contribution in [1.82, 2.24) is 0 Å². The van der Waals surface area contributed by atoms with Crippen LogP contribution in [0.1, 0.15) is 19.4 Å². The molecule has 1 rings (SSSR count). The molecule has 0 saturated carbocycles. The number of benzene rings is 1. The summed E-state index contributed by atoms with van der Waals surface area (Å²) >= 11 is 0. The molecule has 1 aromatic rings. The Morgan fingerprint density at radius 2 is 2.08 bits per heavy atom. The second-order valence-corrected chi connectivity index (χ2v) is 3.43. The number of halogens is 1. The van der Waals surface area contributed by atoms with Gasteiger partial charge in [0.15, 0.2) is 0 Å². The van der Waals surface area contributed by atoms with E-state index in [4.69, 9.17) is 11.5 Å². The van der Waals surface area contributed by atoms with Crippen molar-refractivity contribution in [2.24, 2.45) is 0 Å². The molecule has 0 radical (unpaired) electrons. The number of terminal acetylenes is 1. The van der Waals surface area contributed by atoms with E-state index in [1.165, 1.54) is 12.1 Å². The van der Waals surface area contributed by atoms with Gasteiger partial charge in [-0.05, 0) is 19.9 Å². The molecule has 13 heavy (non-hydrogen) atoms. The maximum atomic E-state index is 13.3. The average molecular weight is 178 g/mol. The van der Waals surface area contributed by atoms with Crippen molar-refractivity contribution in [1.29, 1.82) is 0 Å². The van der Waals surface area contributed by atoms with Crippen molar-refractivity contribution in [3.63, 3.8) is 0 Å². The first kappa shape index (κ1) is 9.60. The molecule has 0 spiro atoms. The smallest absolute Gasteiger partial charge is 0.131 e. The monoisotopic (exact) mass is 178 g/mol. The van der Waals surface area contributed by atoms with Gasteiger partial charge in [-0.1, -0.05) is 12.0 Å². The molecular weight excluding hydrogens is 167 g/mol. The summed E-state index contributed by atoms with van der Waals surface area (Å²) in [6, 6.07) is 4.00. The Labute approximate surface area is 77.2 Å². The molecule has 0 atom stereocenters. The highest BCUT2D eigenvalue weighted by molar-refractivity contribution is 5.37. The average Bonchev–Trinajstić information content (AvgIpc) is 2.03. The third-order valence-electron chi connectivity index (χ3n) is 1.99. The Kier molecular flexibility index (Phi) is 2.29. The second kappa shape index (κ2) is 3.10. The topological polar surface area (TPSA) is 20.2 Å². The molecule has 0 fully saturated rings. The summed E-state index contributed by atoms with van der Waals surface area (Å²) in [5, 5.41) is 8.98. The van der Waals surface area contributed by atoms with E-state index in [-0.39, 0.29) is 5.75 Å². The Hall–Kier alpha value is -1.49. The summed E-state index contributed by atoms with van der Waals surface area (Å²) in [4.78, 5) is 0. The van der Waals surface area contributed by atoms with Gasteiger partial charge in [0.2, 0.25) is 0 Å². The van der Waals surface area contributed by atoms with Gasteiger partial charge in [0.05, 0.1) is 5.41 Å². The maximum absolute atomic E-state index is 13.3. The highest BCUT2D eigenvalue weighted by Crippen LogP contribution is 2.26. The fraction of sp³-hybridized carbons (Fsp3) is 0.273. The summed E-state index contributed by atoms with van der Waals surface area (Å²) in [5.41, 5.74) is -0.217. The molecule has 0 amide bonds. The fourth-order valence-electron chi connectivity index (χ4n) is 1.09. The summed E-state index contributed by atoms with van der Waals surface area (Å²) in [7, 11) is 0.